The summed E-state index contributed by atoms with van der Waals surface area (Å²) in [4.78, 5) is 2.31. The molecule has 9 rings (SSSR count). The predicted octanol–water partition coefficient (Wildman–Crippen LogP) is 11.8. The van der Waals surface area contributed by atoms with Crippen LogP contribution in [0.2, 0.25) is 0 Å². The maximum atomic E-state index is 6.72. The van der Waals surface area contributed by atoms with Gasteiger partial charge in [-0.2, -0.15) is 0 Å². The van der Waals surface area contributed by atoms with Crippen LogP contribution >= 0.6 is 0 Å². The van der Waals surface area contributed by atoms with Crippen molar-refractivity contribution >= 4 is 71.7 Å². The van der Waals surface area contributed by atoms with E-state index in [2.05, 4.69) is 132 Å². The molecule has 0 atom stereocenters. The zero-order valence-corrected chi connectivity index (χ0v) is 23.2. The summed E-state index contributed by atoms with van der Waals surface area (Å²) in [6.07, 6.45) is 0. The van der Waals surface area contributed by atoms with Crippen LogP contribution < -0.4 is 4.90 Å². The molecule has 0 spiro atoms. The van der Waals surface area contributed by atoms with Crippen molar-refractivity contribution in [3.05, 3.63) is 152 Å². The number of fused-ring (bicyclic) bond motifs is 8. The minimum absolute atomic E-state index is 0.853. The molecular formula is C40H25NO2. The first-order chi connectivity index (χ1) is 21.3. The van der Waals surface area contributed by atoms with E-state index in [1.165, 1.54) is 21.9 Å². The van der Waals surface area contributed by atoms with Gasteiger partial charge >= 0.3 is 0 Å². The van der Waals surface area contributed by atoms with Gasteiger partial charge < -0.3 is 13.7 Å². The van der Waals surface area contributed by atoms with Crippen molar-refractivity contribution in [1.82, 2.24) is 0 Å². The third kappa shape index (κ3) is 3.68. The van der Waals surface area contributed by atoms with Gasteiger partial charge in [-0.25, -0.2) is 0 Å². The van der Waals surface area contributed by atoms with Crippen LogP contribution in [0.3, 0.4) is 0 Å². The lowest BCUT2D eigenvalue weighted by molar-refractivity contribution is 0.668. The number of rotatable bonds is 4. The lowest BCUT2D eigenvalue weighted by Crippen LogP contribution is -2.10. The molecule has 0 fully saturated rings. The number of para-hydroxylation sites is 2. The van der Waals surface area contributed by atoms with E-state index in [9.17, 15) is 0 Å². The second-order valence-corrected chi connectivity index (χ2v) is 10.9. The van der Waals surface area contributed by atoms with Crippen molar-refractivity contribution in [2.45, 2.75) is 0 Å². The highest BCUT2D eigenvalue weighted by molar-refractivity contribution is 6.21. The fourth-order valence-corrected chi connectivity index (χ4v) is 6.51. The van der Waals surface area contributed by atoms with Crippen LogP contribution in [0, 0.1) is 0 Å². The molecule has 43 heavy (non-hydrogen) atoms. The minimum Gasteiger partial charge on any atom is -0.456 e. The predicted molar refractivity (Wildman–Crippen MR) is 179 cm³/mol. The molecule has 2 heterocycles. The van der Waals surface area contributed by atoms with E-state index in [1.807, 2.05) is 24.3 Å². The van der Waals surface area contributed by atoms with Crippen LogP contribution in [-0.4, -0.2) is 0 Å². The van der Waals surface area contributed by atoms with Crippen molar-refractivity contribution < 1.29 is 8.83 Å². The summed E-state index contributed by atoms with van der Waals surface area (Å²) in [5.41, 5.74) is 8.87. The van der Waals surface area contributed by atoms with E-state index >= 15 is 0 Å². The molecule has 0 unspecified atom stereocenters. The van der Waals surface area contributed by atoms with Gasteiger partial charge in [0.1, 0.15) is 16.7 Å². The molecule has 0 aliphatic carbocycles. The van der Waals surface area contributed by atoms with Crippen LogP contribution in [0.5, 0.6) is 0 Å². The summed E-state index contributed by atoms with van der Waals surface area (Å²) in [6, 6.07) is 53.0. The number of benzene rings is 7. The highest BCUT2D eigenvalue weighted by Crippen LogP contribution is 2.47. The zero-order valence-electron chi connectivity index (χ0n) is 23.2. The second kappa shape index (κ2) is 9.37. The molecule has 0 aliphatic heterocycles. The highest BCUT2D eigenvalue weighted by Gasteiger charge is 2.23. The Morgan fingerprint density at radius 3 is 1.91 bits per heavy atom. The van der Waals surface area contributed by atoms with Crippen molar-refractivity contribution in [1.29, 1.82) is 0 Å². The minimum atomic E-state index is 0.853. The molecule has 0 radical (unpaired) electrons. The average Bonchev–Trinajstić information content (AvgIpc) is 3.65. The van der Waals surface area contributed by atoms with Crippen molar-refractivity contribution in [3.63, 3.8) is 0 Å². The quantitative estimate of drug-likeness (QED) is 0.218. The Bertz CT molecular complexity index is 2450. The van der Waals surface area contributed by atoms with Crippen LogP contribution in [0.4, 0.5) is 17.1 Å². The molecule has 0 amide bonds. The highest BCUT2D eigenvalue weighted by atomic mass is 16.3. The second-order valence-electron chi connectivity index (χ2n) is 10.9. The first-order valence-electron chi connectivity index (χ1n) is 14.5. The van der Waals surface area contributed by atoms with Crippen molar-refractivity contribution in [2.75, 3.05) is 4.90 Å². The summed E-state index contributed by atoms with van der Waals surface area (Å²) in [6.45, 7) is 0. The summed E-state index contributed by atoms with van der Waals surface area (Å²) >= 11 is 0. The SMILES string of the molecule is c1ccc(-c2ccc(N(c3cccc4c3oc3ccc5ccccc5c34)c3cccc4oc5ccccc5c34)cc2)cc1. The monoisotopic (exact) mass is 551 g/mol. The lowest BCUT2D eigenvalue weighted by Gasteiger charge is -2.26. The van der Waals surface area contributed by atoms with E-state index in [0.29, 0.717) is 0 Å². The molecule has 7 aromatic carbocycles. The third-order valence-electron chi connectivity index (χ3n) is 8.46. The Morgan fingerprint density at radius 2 is 1.02 bits per heavy atom. The van der Waals surface area contributed by atoms with E-state index in [0.717, 1.165) is 60.9 Å². The van der Waals surface area contributed by atoms with E-state index in [1.54, 1.807) is 0 Å². The van der Waals surface area contributed by atoms with E-state index < -0.39 is 0 Å². The van der Waals surface area contributed by atoms with Crippen LogP contribution in [0.25, 0.3) is 65.8 Å². The van der Waals surface area contributed by atoms with E-state index in [4.69, 9.17) is 8.83 Å². The number of nitrogens with zero attached hydrogens (tertiary/aromatic N) is 1. The Kier molecular flexibility index (Phi) is 5.20. The smallest absolute Gasteiger partial charge is 0.159 e. The first-order valence-corrected chi connectivity index (χ1v) is 14.5. The van der Waals surface area contributed by atoms with Gasteiger partial charge in [0.05, 0.1) is 16.8 Å². The van der Waals surface area contributed by atoms with Crippen LogP contribution in [0.15, 0.2) is 160 Å². The largest absolute Gasteiger partial charge is 0.456 e. The van der Waals surface area contributed by atoms with Gasteiger partial charge in [0, 0.05) is 21.8 Å². The Hall–Kier alpha value is -5.80. The van der Waals surface area contributed by atoms with E-state index in [-0.39, 0.29) is 0 Å². The number of furan rings is 2. The third-order valence-corrected chi connectivity index (χ3v) is 8.46. The van der Waals surface area contributed by atoms with Crippen molar-refractivity contribution in [3.8, 4) is 11.1 Å². The molecule has 202 valence electrons. The summed E-state index contributed by atoms with van der Waals surface area (Å²) < 4.78 is 13.1. The molecule has 9 aromatic rings. The molecular weight excluding hydrogens is 526 g/mol. The Morgan fingerprint density at radius 1 is 0.372 bits per heavy atom. The number of hydrogen-bond donors (Lipinski definition) is 0. The Labute approximate surface area is 247 Å². The van der Waals surface area contributed by atoms with Gasteiger partial charge in [0.15, 0.2) is 5.58 Å². The molecule has 0 saturated heterocycles. The van der Waals surface area contributed by atoms with Gasteiger partial charge in [0.25, 0.3) is 0 Å². The molecule has 3 heteroatoms. The summed E-state index contributed by atoms with van der Waals surface area (Å²) in [5, 5.41) is 6.79. The molecule has 3 nitrogen and oxygen atoms in total. The van der Waals surface area contributed by atoms with Gasteiger partial charge in [-0.3, -0.25) is 0 Å². The topological polar surface area (TPSA) is 29.5 Å². The summed E-state index contributed by atoms with van der Waals surface area (Å²) in [7, 11) is 0. The summed E-state index contributed by atoms with van der Waals surface area (Å²) in [5.74, 6) is 0. The molecule has 0 aliphatic rings. The van der Waals surface area contributed by atoms with Gasteiger partial charge in [-0.15, -0.1) is 0 Å². The molecule has 2 aromatic heterocycles. The average molecular weight is 552 g/mol. The number of hydrogen-bond acceptors (Lipinski definition) is 3. The zero-order chi connectivity index (χ0) is 28.3. The maximum absolute atomic E-state index is 6.72. The molecule has 0 bridgehead atoms. The van der Waals surface area contributed by atoms with Gasteiger partial charge in [0.2, 0.25) is 0 Å². The molecule has 0 saturated carbocycles. The van der Waals surface area contributed by atoms with Crippen molar-refractivity contribution in [2.24, 2.45) is 0 Å². The van der Waals surface area contributed by atoms with Gasteiger partial charge in [-0.05, 0) is 64.4 Å². The van der Waals surface area contributed by atoms with Gasteiger partial charge in [-0.1, -0.05) is 109 Å². The lowest BCUT2D eigenvalue weighted by atomic mass is 10.0. The Balaban J connectivity index is 1.34. The van der Waals surface area contributed by atoms with Crippen LogP contribution in [0.1, 0.15) is 0 Å². The standard InChI is InChI=1S/C40H25NO2/c1-2-10-26(11-3-1)27-20-23-29(24-21-27)41(33-16-9-19-36-39(33)31-14-6-7-18-35(31)42-36)34-17-8-15-32-38-30-13-5-4-12-28(30)22-25-37(38)43-40(32)34/h1-25H. The normalized spacial score (nSPS) is 11.7. The fraction of sp³-hybridized carbons (Fsp3) is 0. The maximum Gasteiger partial charge on any atom is 0.159 e. The van der Waals surface area contributed by atoms with Crippen LogP contribution in [-0.2, 0) is 0 Å². The first kappa shape index (κ1) is 23.9. The number of anilines is 3. The molecule has 0 N–H and O–H groups in total. The fourth-order valence-electron chi connectivity index (χ4n) is 6.51.